The van der Waals surface area contributed by atoms with Gasteiger partial charge in [0.2, 0.25) is 0 Å². The molecule has 0 N–H and O–H groups in total. The van der Waals surface area contributed by atoms with Gasteiger partial charge in [0.05, 0.1) is 18.2 Å². The Kier molecular flexibility index (Phi) is 7.34. The molecule has 0 radical (unpaired) electrons. The quantitative estimate of drug-likeness (QED) is 0.448. The molecule has 0 saturated carbocycles. The second-order valence-electron chi connectivity index (χ2n) is 5.03. The molecule has 4 nitrogen and oxygen atoms in total. The first-order valence-electron chi connectivity index (χ1n) is 7.63. The summed E-state index contributed by atoms with van der Waals surface area (Å²) in [6.45, 7) is 2.48. The summed E-state index contributed by atoms with van der Waals surface area (Å²) in [7, 11) is 1.57. The van der Waals surface area contributed by atoms with Crippen molar-refractivity contribution >= 4 is 39.6 Å². The summed E-state index contributed by atoms with van der Waals surface area (Å²) >= 11 is 9.37. The molecule has 0 atom stereocenters. The minimum atomic E-state index is -0.388. The maximum atomic E-state index is 11.4. The summed E-state index contributed by atoms with van der Waals surface area (Å²) in [5.41, 5.74) is 1.78. The highest BCUT2D eigenvalue weighted by molar-refractivity contribution is 9.10. The van der Waals surface area contributed by atoms with Crippen LogP contribution in [0.15, 0.2) is 46.9 Å². The Balaban J connectivity index is 2.15. The predicted molar refractivity (Wildman–Crippen MR) is 102 cm³/mol. The van der Waals surface area contributed by atoms with Gasteiger partial charge in [-0.1, -0.05) is 23.7 Å². The van der Waals surface area contributed by atoms with Crippen LogP contribution in [0.4, 0.5) is 0 Å². The molecule has 0 bridgehead atoms. The lowest BCUT2D eigenvalue weighted by Gasteiger charge is -2.13. The van der Waals surface area contributed by atoms with Crippen molar-refractivity contribution in [1.29, 1.82) is 0 Å². The van der Waals surface area contributed by atoms with E-state index >= 15 is 0 Å². The number of rotatable bonds is 7. The van der Waals surface area contributed by atoms with Crippen molar-refractivity contribution in [3.8, 4) is 11.5 Å². The molecule has 6 heteroatoms. The third-order valence-corrected chi connectivity index (χ3v) is 4.09. The normalized spacial score (nSPS) is 10.7. The van der Waals surface area contributed by atoms with Crippen molar-refractivity contribution in [2.45, 2.75) is 13.5 Å². The highest BCUT2D eigenvalue weighted by atomic mass is 79.9. The first-order chi connectivity index (χ1) is 12.0. The fraction of sp³-hybridized carbons (Fsp3) is 0.211. The number of esters is 1. The van der Waals surface area contributed by atoms with E-state index in [0.717, 1.165) is 15.6 Å². The third kappa shape index (κ3) is 5.80. The molecule has 132 valence electrons. The van der Waals surface area contributed by atoms with Gasteiger partial charge >= 0.3 is 5.97 Å². The number of carbonyl (C=O) groups is 1. The van der Waals surface area contributed by atoms with Gasteiger partial charge in [-0.25, -0.2) is 4.79 Å². The van der Waals surface area contributed by atoms with E-state index in [1.165, 1.54) is 6.08 Å². The predicted octanol–water partition coefficient (Wildman–Crippen LogP) is 5.27. The van der Waals surface area contributed by atoms with Gasteiger partial charge in [0.15, 0.2) is 11.5 Å². The minimum absolute atomic E-state index is 0.341. The molecule has 0 heterocycles. The maximum absolute atomic E-state index is 11.4. The second kappa shape index (κ2) is 9.49. The van der Waals surface area contributed by atoms with Crippen molar-refractivity contribution in [3.63, 3.8) is 0 Å². The number of halogens is 2. The molecule has 0 aliphatic heterocycles. The molecule has 2 rings (SSSR count). The van der Waals surface area contributed by atoms with E-state index in [4.69, 9.17) is 25.8 Å². The largest absolute Gasteiger partial charge is 0.493 e. The van der Waals surface area contributed by atoms with Crippen molar-refractivity contribution in [2.75, 3.05) is 13.7 Å². The van der Waals surface area contributed by atoms with Crippen molar-refractivity contribution in [3.05, 3.63) is 63.1 Å². The van der Waals surface area contributed by atoms with Gasteiger partial charge in [-0.15, -0.1) is 0 Å². The average molecular weight is 426 g/mol. The van der Waals surface area contributed by atoms with Gasteiger partial charge < -0.3 is 14.2 Å². The molecule has 0 fully saturated rings. The average Bonchev–Trinajstić information content (AvgIpc) is 2.60. The van der Waals surface area contributed by atoms with Crippen molar-refractivity contribution < 1.29 is 19.0 Å². The van der Waals surface area contributed by atoms with Crippen LogP contribution in [0.5, 0.6) is 11.5 Å². The molecule has 2 aromatic carbocycles. The topological polar surface area (TPSA) is 44.8 Å². The van der Waals surface area contributed by atoms with E-state index in [9.17, 15) is 4.79 Å². The summed E-state index contributed by atoms with van der Waals surface area (Å²) in [5.74, 6) is 0.762. The molecule has 0 spiro atoms. The fourth-order valence-electron chi connectivity index (χ4n) is 2.07. The SMILES string of the molecule is CCOC(=O)/C=C/c1cc(Br)c(OCc2ccc(Cl)cc2)c(OC)c1. The standard InChI is InChI=1S/C19H18BrClO4/c1-3-24-18(22)9-6-14-10-16(20)19(17(11-14)23-2)25-12-13-4-7-15(21)8-5-13/h4-11H,3,12H2,1-2H3/b9-6+. The van der Waals surface area contributed by atoms with Crippen LogP contribution in [-0.2, 0) is 16.1 Å². The van der Waals surface area contributed by atoms with Gasteiger partial charge in [-0.05, 0) is 64.3 Å². The monoisotopic (exact) mass is 424 g/mol. The van der Waals surface area contributed by atoms with Gasteiger partial charge in [-0.3, -0.25) is 0 Å². The van der Waals surface area contributed by atoms with Crippen LogP contribution in [0.2, 0.25) is 5.02 Å². The summed E-state index contributed by atoms with van der Waals surface area (Å²) in [5, 5.41) is 0.681. The number of hydrogen-bond acceptors (Lipinski definition) is 4. The Labute approximate surface area is 160 Å². The Hall–Kier alpha value is -1.98. The Morgan fingerprint density at radius 2 is 1.96 bits per heavy atom. The zero-order valence-corrected chi connectivity index (χ0v) is 16.3. The third-order valence-electron chi connectivity index (χ3n) is 3.25. The number of ether oxygens (including phenoxy) is 3. The fourth-order valence-corrected chi connectivity index (χ4v) is 2.77. The summed E-state index contributed by atoms with van der Waals surface area (Å²) in [6.07, 6.45) is 3.03. The summed E-state index contributed by atoms with van der Waals surface area (Å²) in [6, 6.07) is 11.1. The smallest absolute Gasteiger partial charge is 0.330 e. The molecular weight excluding hydrogens is 408 g/mol. The molecule has 0 saturated heterocycles. The first-order valence-corrected chi connectivity index (χ1v) is 8.80. The van der Waals surface area contributed by atoms with E-state index in [1.807, 2.05) is 30.3 Å². The van der Waals surface area contributed by atoms with Crippen LogP contribution >= 0.6 is 27.5 Å². The molecule has 25 heavy (non-hydrogen) atoms. The molecular formula is C19H18BrClO4. The van der Waals surface area contributed by atoms with Crippen LogP contribution in [0.25, 0.3) is 6.08 Å². The highest BCUT2D eigenvalue weighted by Gasteiger charge is 2.11. The lowest BCUT2D eigenvalue weighted by atomic mass is 10.2. The van der Waals surface area contributed by atoms with Gasteiger partial charge in [-0.2, -0.15) is 0 Å². The zero-order chi connectivity index (χ0) is 18.2. The van der Waals surface area contributed by atoms with Crippen LogP contribution in [0, 0.1) is 0 Å². The van der Waals surface area contributed by atoms with E-state index in [2.05, 4.69) is 15.9 Å². The molecule has 0 aliphatic rings. The summed E-state index contributed by atoms with van der Waals surface area (Å²) < 4.78 is 16.9. The summed E-state index contributed by atoms with van der Waals surface area (Å²) in [4.78, 5) is 11.4. The van der Waals surface area contributed by atoms with Crippen LogP contribution in [0.1, 0.15) is 18.1 Å². The Bertz CT molecular complexity index is 757. The van der Waals surface area contributed by atoms with Gasteiger partial charge in [0.1, 0.15) is 6.61 Å². The number of methoxy groups -OCH3 is 1. The molecule has 0 unspecified atom stereocenters. The molecule has 2 aromatic rings. The van der Waals surface area contributed by atoms with Crippen LogP contribution in [0.3, 0.4) is 0 Å². The Morgan fingerprint density at radius 1 is 1.24 bits per heavy atom. The van der Waals surface area contributed by atoms with Crippen molar-refractivity contribution in [2.24, 2.45) is 0 Å². The Morgan fingerprint density at radius 3 is 2.60 bits per heavy atom. The maximum Gasteiger partial charge on any atom is 0.330 e. The van der Waals surface area contributed by atoms with Crippen LogP contribution < -0.4 is 9.47 Å². The van der Waals surface area contributed by atoms with Crippen LogP contribution in [-0.4, -0.2) is 19.7 Å². The number of carbonyl (C=O) groups excluding carboxylic acids is 1. The molecule has 0 aromatic heterocycles. The number of benzene rings is 2. The lowest BCUT2D eigenvalue weighted by Crippen LogP contribution is -2.00. The van der Waals surface area contributed by atoms with E-state index in [-0.39, 0.29) is 5.97 Å². The molecule has 0 amide bonds. The zero-order valence-electron chi connectivity index (χ0n) is 13.9. The lowest BCUT2D eigenvalue weighted by molar-refractivity contribution is -0.137. The van der Waals surface area contributed by atoms with E-state index < -0.39 is 0 Å². The first kappa shape index (κ1) is 19.3. The van der Waals surface area contributed by atoms with E-state index in [0.29, 0.717) is 29.7 Å². The van der Waals surface area contributed by atoms with Gasteiger partial charge in [0.25, 0.3) is 0 Å². The van der Waals surface area contributed by atoms with E-state index in [1.54, 1.807) is 26.2 Å². The second-order valence-corrected chi connectivity index (χ2v) is 6.33. The minimum Gasteiger partial charge on any atom is -0.493 e. The number of hydrogen-bond donors (Lipinski definition) is 0. The molecule has 0 aliphatic carbocycles. The van der Waals surface area contributed by atoms with Gasteiger partial charge in [0, 0.05) is 11.1 Å². The highest BCUT2D eigenvalue weighted by Crippen LogP contribution is 2.37. The van der Waals surface area contributed by atoms with Crippen molar-refractivity contribution in [1.82, 2.24) is 0 Å².